The molecule has 1 aromatic carbocycles. The Hall–Kier alpha value is -2.50. The molecular weight excluding hydrogens is 256 g/mol. The zero-order chi connectivity index (χ0) is 14.7. The maximum atomic E-state index is 11.7. The first-order chi connectivity index (χ1) is 9.51. The van der Waals surface area contributed by atoms with E-state index in [4.69, 9.17) is 10.5 Å². The van der Waals surface area contributed by atoms with Gasteiger partial charge < -0.3 is 15.8 Å². The van der Waals surface area contributed by atoms with Gasteiger partial charge in [-0.2, -0.15) is 5.10 Å². The number of benzene rings is 1. The number of aryl methyl sites for hydroxylation is 2. The summed E-state index contributed by atoms with van der Waals surface area (Å²) in [5.74, 6) is 0.255. The van der Waals surface area contributed by atoms with E-state index in [2.05, 4.69) is 10.4 Å². The number of nitrogens with zero attached hydrogens (tertiary/aromatic N) is 2. The van der Waals surface area contributed by atoms with Crippen LogP contribution in [0, 0.1) is 6.92 Å². The first-order valence-electron chi connectivity index (χ1n) is 6.21. The fourth-order valence-corrected chi connectivity index (χ4v) is 2.08. The van der Waals surface area contributed by atoms with Gasteiger partial charge in [-0.15, -0.1) is 0 Å². The fraction of sp³-hybridized carbons (Fsp3) is 0.286. The highest BCUT2D eigenvalue weighted by atomic mass is 16.5. The third kappa shape index (κ3) is 2.90. The predicted molar refractivity (Wildman–Crippen MR) is 76.5 cm³/mol. The summed E-state index contributed by atoms with van der Waals surface area (Å²) in [6.07, 6.45) is 1.79. The van der Waals surface area contributed by atoms with Gasteiger partial charge in [-0.3, -0.25) is 9.48 Å². The molecule has 2 aromatic rings. The van der Waals surface area contributed by atoms with Crippen molar-refractivity contribution in [2.75, 3.05) is 12.4 Å². The number of anilines is 1. The van der Waals surface area contributed by atoms with E-state index < -0.39 is 11.9 Å². The van der Waals surface area contributed by atoms with Gasteiger partial charge in [-0.25, -0.2) is 0 Å². The summed E-state index contributed by atoms with van der Waals surface area (Å²) in [7, 11) is 3.40. The van der Waals surface area contributed by atoms with E-state index in [9.17, 15) is 4.79 Å². The molecule has 106 valence electrons. The standard InChI is InChI=1S/C14H18N4O2/c1-9-12(8-18(2)17-9)13(14(15)19)16-10-5-4-6-11(7-10)20-3/h4-8,13,16H,1-3H3,(H2,15,19). The van der Waals surface area contributed by atoms with Crippen molar-refractivity contribution in [2.45, 2.75) is 13.0 Å². The molecule has 0 aliphatic heterocycles. The van der Waals surface area contributed by atoms with Gasteiger partial charge in [0.25, 0.3) is 0 Å². The number of ether oxygens (including phenoxy) is 1. The van der Waals surface area contributed by atoms with Gasteiger partial charge in [0, 0.05) is 30.6 Å². The van der Waals surface area contributed by atoms with Crippen molar-refractivity contribution in [3.63, 3.8) is 0 Å². The van der Waals surface area contributed by atoms with Crippen LogP contribution >= 0.6 is 0 Å². The monoisotopic (exact) mass is 274 g/mol. The summed E-state index contributed by atoms with van der Waals surface area (Å²) in [6.45, 7) is 1.85. The van der Waals surface area contributed by atoms with Crippen LogP contribution in [0.2, 0.25) is 0 Å². The van der Waals surface area contributed by atoms with E-state index in [1.165, 1.54) is 0 Å². The minimum absolute atomic E-state index is 0.455. The van der Waals surface area contributed by atoms with Crippen LogP contribution in [0.1, 0.15) is 17.3 Å². The molecule has 1 atom stereocenters. The highest BCUT2D eigenvalue weighted by Gasteiger charge is 2.22. The Bertz CT molecular complexity index is 621. The number of carbonyl (C=O) groups excluding carboxylic acids is 1. The molecule has 0 radical (unpaired) electrons. The normalized spacial score (nSPS) is 11.9. The van der Waals surface area contributed by atoms with E-state index in [1.807, 2.05) is 31.2 Å². The third-order valence-corrected chi connectivity index (χ3v) is 3.03. The summed E-state index contributed by atoms with van der Waals surface area (Å²) in [4.78, 5) is 11.7. The molecule has 1 aromatic heterocycles. The Labute approximate surface area is 117 Å². The number of rotatable bonds is 5. The second kappa shape index (κ2) is 5.64. The number of primary amides is 1. The van der Waals surface area contributed by atoms with Crippen LogP contribution in [0.3, 0.4) is 0 Å². The molecule has 0 saturated carbocycles. The minimum atomic E-state index is -0.629. The summed E-state index contributed by atoms with van der Waals surface area (Å²) in [5, 5.41) is 7.35. The third-order valence-electron chi connectivity index (χ3n) is 3.03. The van der Waals surface area contributed by atoms with Crippen molar-refractivity contribution >= 4 is 11.6 Å². The lowest BCUT2D eigenvalue weighted by Gasteiger charge is -2.16. The number of nitrogens with one attached hydrogen (secondary N) is 1. The Morgan fingerprint density at radius 3 is 2.80 bits per heavy atom. The van der Waals surface area contributed by atoms with Crippen LogP contribution in [-0.4, -0.2) is 22.8 Å². The smallest absolute Gasteiger partial charge is 0.244 e. The second-order valence-corrected chi connectivity index (χ2v) is 4.56. The molecule has 20 heavy (non-hydrogen) atoms. The maximum absolute atomic E-state index is 11.7. The Morgan fingerprint density at radius 1 is 1.50 bits per heavy atom. The van der Waals surface area contributed by atoms with E-state index in [-0.39, 0.29) is 0 Å². The highest BCUT2D eigenvalue weighted by molar-refractivity contribution is 5.84. The van der Waals surface area contributed by atoms with Gasteiger partial charge in [0.05, 0.1) is 12.8 Å². The van der Waals surface area contributed by atoms with Crippen molar-refractivity contribution in [2.24, 2.45) is 12.8 Å². The molecule has 2 rings (SSSR count). The number of hydrogen-bond donors (Lipinski definition) is 2. The average molecular weight is 274 g/mol. The van der Waals surface area contributed by atoms with Crippen LogP contribution in [0.25, 0.3) is 0 Å². The topological polar surface area (TPSA) is 82.2 Å². The van der Waals surface area contributed by atoms with E-state index in [0.717, 1.165) is 16.9 Å². The molecular formula is C14H18N4O2. The lowest BCUT2D eigenvalue weighted by atomic mass is 10.1. The molecule has 6 heteroatoms. The molecule has 1 heterocycles. The van der Waals surface area contributed by atoms with Gasteiger partial charge in [-0.1, -0.05) is 6.07 Å². The Balaban J connectivity index is 2.30. The molecule has 0 fully saturated rings. The van der Waals surface area contributed by atoms with Crippen LogP contribution in [0.5, 0.6) is 5.75 Å². The van der Waals surface area contributed by atoms with Gasteiger partial charge in [-0.05, 0) is 19.1 Å². The van der Waals surface area contributed by atoms with Crippen LogP contribution in [-0.2, 0) is 11.8 Å². The molecule has 0 bridgehead atoms. The average Bonchev–Trinajstić information content (AvgIpc) is 2.74. The van der Waals surface area contributed by atoms with Crippen LogP contribution < -0.4 is 15.8 Å². The second-order valence-electron chi connectivity index (χ2n) is 4.56. The molecule has 0 spiro atoms. The fourth-order valence-electron chi connectivity index (χ4n) is 2.08. The van der Waals surface area contributed by atoms with E-state index in [0.29, 0.717) is 5.75 Å². The van der Waals surface area contributed by atoms with Crippen molar-refractivity contribution in [3.8, 4) is 5.75 Å². The molecule has 1 amide bonds. The number of amides is 1. The van der Waals surface area contributed by atoms with Crippen LogP contribution in [0.4, 0.5) is 5.69 Å². The first kappa shape index (κ1) is 13.9. The van der Waals surface area contributed by atoms with Crippen LogP contribution in [0.15, 0.2) is 30.5 Å². The number of aromatic nitrogens is 2. The maximum Gasteiger partial charge on any atom is 0.244 e. The molecule has 0 aliphatic carbocycles. The Kier molecular flexibility index (Phi) is 3.93. The number of methoxy groups -OCH3 is 1. The largest absolute Gasteiger partial charge is 0.497 e. The number of nitrogens with two attached hydrogens (primary N) is 1. The summed E-state index contributed by atoms with van der Waals surface area (Å²) in [5.41, 5.74) is 7.79. The van der Waals surface area contributed by atoms with Crippen molar-refractivity contribution in [1.29, 1.82) is 0 Å². The lowest BCUT2D eigenvalue weighted by molar-refractivity contribution is -0.118. The summed E-state index contributed by atoms with van der Waals surface area (Å²) in [6, 6.07) is 6.71. The SMILES string of the molecule is COc1cccc(NC(C(N)=O)c2cn(C)nc2C)c1. The van der Waals surface area contributed by atoms with Gasteiger partial charge >= 0.3 is 0 Å². The van der Waals surface area contributed by atoms with Crippen molar-refractivity contribution in [3.05, 3.63) is 41.7 Å². The number of hydrogen-bond acceptors (Lipinski definition) is 4. The Morgan fingerprint density at radius 2 is 2.25 bits per heavy atom. The zero-order valence-corrected chi connectivity index (χ0v) is 11.8. The molecule has 0 saturated heterocycles. The number of carbonyl (C=O) groups is 1. The van der Waals surface area contributed by atoms with Gasteiger partial charge in [0.2, 0.25) is 5.91 Å². The van der Waals surface area contributed by atoms with Crippen molar-refractivity contribution < 1.29 is 9.53 Å². The highest BCUT2D eigenvalue weighted by Crippen LogP contribution is 2.24. The van der Waals surface area contributed by atoms with Gasteiger partial charge in [0.1, 0.15) is 11.8 Å². The predicted octanol–water partition coefficient (Wildman–Crippen LogP) is 1.38. The zero-order valence-electron chi connectivity index (χ0n) is 11.8. The molecule has 6 nitrogen and oxygen atoms in total. The quantitative estimate of drug-likeness (QED) is 0.863. The summed E-state index contributed by atoms with van der Waals surface area (Å²) < 4.78 is 6.82. The van der Waals surface area contributed by atoms with E-state index >= 15 is 0 Å². The minimum Gasteiger partial charge on any atom is -0.497 e. The lowest BCUT2D eigenvalue weighted by Crippen LogP contribution is -2.28. The molecule has 3 N–H and O–H groups in total. The van der Waals surface area contributed by atoms with Crippen molar-refractivity contribution in [1.82, 2.24) is 9.78 Å². The van der Waals surface area contributed by atoms with Gasteiger partial charge in [0.15, 0.2) is 0 Å². The molecule has 1 unspecified atom stereocenters. The molecule has 0 aliphatic rings. The van der Waals surface area contributed by atoms with E-state index in [1.54, 1.807) is 25.0 Å². The summed E-state index contributed by atoms with van der Waals surface area (Å²) >= 11 is 0. The first-order valence-corrected chi connectivity index (χ1v) is 6.21.